The normalized spacial score (nSPS) is 36.0. The van der Waals surface area contributed by atoms with Crippen molar-refractivity contribution in [1.29, 1.82) is 0 Å². The summed E-state index contributed by atoms with van der Waals surface area (Å²) >= 11 is 10.6. The Hall–Kier alpha value is 0.790. The van der Waals surface area contributed by atoms with E-state index in [-0.39, 0.29) is 0 Å². The van der Waals surface area contributed by atoms with Crippen molar-refractivity contribution in [3.8, 4) is 0 Å². The van der Waals surface area contributed by atoms with Crippen molar-refractivity contribution in [1.82, 2.24) is 0 Å². The van der Waals surface area contributed by atoms with Crippen molar-refractivity contribution in [2.75, 3.05) is 0 Å². The molecule has 0 spiro atoms. The van der Waals surface area contributed by atoms with Gasteiger partial charge >= 0.3 is 0 Å². The third-order valence-corrected chi connectivity index (χ3v) is 4.54. The fraction of sp³-hybridized carbons (Fsp3) is 0.667. The highest BCUT2D eigenvalue weighted by molar-refractivity contribution is 8.06. The quantitative estimate of drug-likeness (QED) is 0.538. The van der Waals surface area contributed by atoms with Gasteiger partial charge in [0.25, 0.3) is 0 Å². The highest BCUT2D eigenvalue weighted by Gasteiger charge is 2.25. The molecular weight excluding hydrogens is 168 g/mol. The van der Waals surface area contributed by atoms with Crippen LogP contribution in [0.15, 0.2) is 9.81 Å². The van der Waals surface area contributed by atoms with Gasteiger partial charge in [-0.2, -0.15) is 12.6 Å². The van der Waals surface area contributed by atoms with Crippen LogP contribution in [0.5, 0.6) is 0 Å². The second kappa shape index (κ2) is 2.81. The Kier molecular flexibility index (Phi) is 2.46. The van der Waals surface area contributed by atoms with E-state index >= 15 is 0 Å². The summed E-state index contributed by atoms with van der Waals surface area (Å²) in [5.41, 5.74) is 0. The Morgan fingerprint density at radius 2 is 2.11 bits per heavy atom. The van der Waals surface area contributed by atoms with Crippen LogP contribution in [0.4, 0.5) is 0 Å². The fourth-order valence-electron chi connectivity index (χ4n) is 0.834. The highest BCUT2D eigenvalue weighted by Crippen LogP contribution is 2.41. The molecule has 0 saturated carbocycles. The molecular formula is C6H10S3. The number of rotatable bonds is 0. The molecule has 2 unspecified atom stereocenters. The van der Waals surface area contributed by atoms with Crippen LogP contribution in [-0.2, 0) is 0 Å². The Morgan fingerprint density at radius 3 is 2.22 bits per heavy atom. The molecule has 1 aliphatic heterocycles. The first-order valence-electron chi connectivity index (χ1n) is 2.87. The van der Waals surface area contributed by atoms with Gasteiger partial charge in [0.05, 0.1) is 0 Å². The molecule has 1 aliphatic rings. The highest BCUT2D eigenvalue weighted by atomic mass is 32.2. The summed E-state index contributed by atoms with van der Waals surface area (Å²) in [6.45, 7) is 4.27. The first-order chi connectivity index (χ1) is 4.13. The van der Waals surface area contributed by atoms with E-state index in [4.69, 9.17) is 0 Å². The van der Waals surface area contributed by atoms with E-state index in [1.807, 2.05) is 11.8 Å². The molecule has 3 heteroatoms. The molecule has 0 aromatic carbocycles. The summed E-state index contributed by atoms with van der Waals surface area (Å²) in [5, 5.41) is 0.958. The molecule has 0 fully saturated rings. The minimum Gasteiger partial charge on any atom is -0.169 e. The molecule has 0 bridgehead atoms. The maximum absolute atomic E-state index is 4.39. The molecule has 9 heavy (non-hydrogen) atoms. The summed E-state index contributed by atoms with van der Waals surface area (Å²) in [6, 6.07) is 0. The Bertz CT molecular complexity index is 150. The number of hydrogen-bond acceptors (Lipinski definition) is 3. The molecule has 1 heterocycles. The zero-order valence-corrected chi connectivity index (χ0v) is 8.06. The molecule has 52 valence electrons. The van der Waals surface area contributed by atoms with Gasteiger partial charge in [0, 0.05) is 15.4 Å². The summed E-state index contributed by atoms with van der Waals surface area (Å²) in [7, 11) is 0. The van der Waals surface area contributed by atoms with Crippen LogP contribution in [0.25, 0.3) is 0 Å². The van der Waals surface area contributed by atoms with E-state index in [9.17, 15) is 0 Å². The van der Waals surface area contributed by atoms with Crippen LogP contribution in [0, 0.1) is 0 Å². The number of hydrogen-bond donors (Lipinski definition) is 2. The third-order valence-electron chi connectivity index (χ3n) is 1.45. The molecule has 0 N–H and O–H groups in total. The van der Waals surface area contributed by atoms with Crippen LogP contribution in [0.2, 0.25) is 0 Å². The van der Waals surface area contributed by atoms with E-state index < -0.39 is 0 Å². The molecule has 0 aliphatic carbocycles. The smallest absolute Gasteiger partial charge is 0.0451 e. The fourth-order valence-corrected chi connectivity index (χ4v) is 2.85. The van der Waals surface area contributed by atoms with Gasteiger partial charge < -0.3 is 0 Å². The van der Waals surface area contributed by atoms with Crippen molar-refractivity contribution < 1.29 is 0 Å². The topological polar surface area (TPSA) is 0 Å². The van der Waals surface area contributed by atoms with Gasteiger partial charge in [-0.1, -0.05) is 6.92 Å². The Balaban J connectivity index is 2.74. The van der Waals surface area contributed by atoms with Crippen molar-refractivity contribution >= 4 is 37.0 Å². The molecule has 0 radical (unpaired) electrons. The van der Waals surface area contributed by atoms with Gasteiger partial charge in [0.1, 0.15) is 0 Å². The average Bonchev–Trinajstić information content (AvgIpc) is 1.98. The second-order valence-corrected chi connectivity index (χ2v) is 4.84. The number of thiol groups is 2. The molecule has 0 aromatic rings. The first-order valence-corrected chi connectivity index (χ1v) is 4.71. The lowest BCUT2D eigenvalue weighted by Crippen LogP contribution is -2.07. The minimum atomic E-state index is 0.360. The SMILES string of the molecule is CC1=C(S)C(S)C(C)S1. The monoisotopic (exact) mass is 178 g/mol. The lowest BCUT2D eigenvalue weighted by atomic mass is 10.3. The van der Waals surface area contributed by atoms with E-state index in [0.29, 0.717) is 10.5 Å². The predicted molar refractivity (Wildman–Crippen MR) is 51.5 cm³/mol. The van der Waals surface area contributed by atoms with Crippen molar-refractivity contribution in [2.45, 2.75) is 24.3 Å². The van der Waals surface area contributed by atoms with Crippen LogP contribution < -0.4 is 0 Å². The van der Waals surface area contributed by atoms with Gasteiger partial charge in [-0.15, -0.1) is 24.4 Å². The van der Waals surface area contributed by atoms with Gasteiger partial charge in [0.2, 0.25) is 0 Å². The lowest BCUT2D eigenvalue weighted by molar-refractivity contribution is 1.02. The maximum Gasteiger partial charge on any atom is 0.0451 e. The molecule has 0 nitrogen and oxygen atoms in total. The average molecular weight is 178 g/mol. The van der Waals surface area contributed by atoms with Crippen molar-refractivity contribution in [3.05, 3.63) is 9.81 Å². The zero-order chi connectivity index (χ0) is 7.02. The third kappa shape index (κ3) is 1.44. The van der Waals surface area contributed by atoms with Gasteiger partial charge in [-0.3, -0.25) is 0 Å². The largest absolute Gasteiger partial charge is 0.169 e. The predicted octanol–water partition coefficient (Wildman–Crippen LogP) is 2.58. The van der Waals surface area contributed by atoms with Crippen LogP contribution in [0.1, 0.15) is 13.8 Å². The number of thioether (sulfide) groups is 1. The van der Waals surface area contributed by atoms with Crippen LogP contribution >= 0.6 is 37.0 Å². The van der Waals surface area contributed by atoms with Gasteiger partial charge in [0.15, 0.2) is 0 Å². The van der Waals surface area contributed by atoms with E-state index in [1.54, 1.807) is 0 Å². The molecule has 0 amide bonds. The lowest BCUT2D eigenvalue weighted by Gasteiger charge is -2.06. The summed E-state index contributed by atoms with van der Waals surface area (Å²) < 4.78 is 0. The standard InChI is InChI=1S/C6H10S3/c1-3-5(7)6(8)4(2)9-3/h3,5,7-8H,1-2H3. The Labute approximate surface area is 71.3 Å². The van der Waals surface area contributed by atoms with Crippen molar-refractivity contribution in [3.63, 3.8) is 0 Å². The van der Waals surface area contributed by atoms with E-state index in [1.165, 1.54) is 4.91 Å². The minimum absolute atomic E-state index is 0.360. The summed E-state index contributed by atoms with van der Waals surface area (Å²) in [5.74, 6) is 0. The molecule has 0 saturated heterocycles. The van der Waals surface area contributed by atoms with Crippen LogP contribution in [-0.4, -0.2) is 10.5 Å². The zero-order valence-electron chi connectivity index (χ0n) is 5.46. The maximum atomic E-state index is 4.39. The molecule has 1 rings (SSSR count). The second-order valence-electron chi connectivity index (χ2n) is 2.21. The van der Waals surface area contributed by atoms with E-state index in [0.717, 1.165) is 4.91 Å². The number of allylic oxidation sites excluding steroid dienone is 1. The van der Waals surface area contributed by atoms with Gasteiger partial charge in [-0.25, -0.2) is 0 Å². The molecule has 2 atom stereocenters. The molecule has 0 aromatic heterocycles. The summed E-state index contributed by atoms with van der Waals surface area (Å²) in [4.78, 5) is 2.47. The van der Waals surface area contributed by atoms with E-state index in [2.05, 4.69) is 39.1 Å². The summed E-state index contributed by atoms with van der Waals surface area (Å²) in [6.07, 6.45) is 0. The van der Waals surface area contributed by atoms with Crippen LogP contribution in [0.3, 0.4) is 0 Å². The first kappa shape index (κ1) is 7.89. The van der Waals surface area contributed by atoms with Gasteiger partial charge in [-0.05, 0) is 11.8 Å². The Morgan fingerprint density at radius 1 is 1.56 bits per heavy atom. The van der Waals surface area contributed by atoms with Crippen molar-refractivity contribution in [2.24, 2.45) is 0 Å².